The largest absolute Gasteiger partial charge is 0.409 e. The molecule has 2 rings (SSSR count). The van der Waals surface area contributed by atoms with Crippen LogP contribution in [0.15, 0.2) is 22.7 Å². The number of imidazole rings is 1. The molecule has 1 saturated carbocycles. The Morgan fingerprint density at radius 2 is 2.24 bits per heavy atom. The lowest BCUT2D eigenvalue weighted by molar-refractivity contribution is 0.308. The van der Waals surface area contributed by atoms with Crippen LogP contribution in [-0.4, -0.2) is 45.9 Å². The van der Waals surface area contributed by atoms with Gasteiger partial charge in [0.25, 0.3) is 10.0 Å². The Balaban J connectivity index is 2.33. The van der Waals surface area contributed by atoms with Crippen molar-refractivity contribution in [1.82, 2.24) is 13.9 Å². The summed E-state index contributed by atoms with van der Waals surface area (Å²) in [5.41, 5.74) is 5.52. The monoisotopic (exact) mass is 315 g/mol. The van der Waals surface area contributed by atoms with E-state index < -0.39 is 10.0 Å². The second-order valence-corrected chi connectivity index (χ2v) is 6.96. The summed E-state index contributed by atoms with van der Waals surface area (Å²) in [5.74, 6) is -0.125. The molecule has 0 spiro atoms. The van der Waals surface area contributed by atoms with Gasteiger partial charge >= 0.3 is 0 Å². The number of aryl methyl sites for hydroxylation is 1. The molecule has 3 N–H and O–H groups in total. The molecule has 0 radical (unpaired) electrons. The Hall–Kier alpha value is -1.61. The van der Waals surface area contributed by atoms with Crippen molar-refractivity contribution < 1.29 is 13.6 Å². The second kappa shape index (κ2) is 6.44. The van der Waals surface area contributed by atoms with E-state index >= 15 is 0 Å². The standard InChI is InChI=1S/C12H21N5O3S/c1-2-16-8-12(14-9-16)21(19,20)17(7-11(13)15-18)10-5-3-4-6-10/h8-10,18H,2-7H2,1H3,(H2,13,15). The van der Waals surface area contributed by atoms with Gasteiger partial charge in [-0.1, -0.05) is 18.0 Å². The maximum absolute atomic E-state index is 12.8. The fraction of sp³-hybridized carbons (Fsp3) is 0.667. The molecular formula is C12H21N5O3S. The van der Waals surface area contributed by atoms with E-state index in [9.17, 15) is 8.42 Å². The summed E-state index contributed by atoms with van der Waals surface area (Å²) in [6.07, 6.45) is 6.53. The van der Waals surface area contributed by atoms with Gasteiger partial charge in [-0.25, -0.2) is 13.4 Å². The van der Waals surface area contributed by atoms with Crippen LogP contribution in [0.3, 0.4) is 0 Å². The molecule has 0 aliphatic heterocycles. The third-order valence-corrected chi connectivity index (χ3v) is 5.51. The van der Waals surface area contributed by atoms with E-state index in [0.717, 1.165) is 25.7 Å². The van der Waals surface area contributed by atoms with Crippen LogP contribution in [0.25, 0.3) is 0 Å². The number of hydrogen-bond donors (Lipinski definition) is 2. The van der Waals surface area contributed by atoms with Crippen molar-refractivity contribution in [2.75, 3.05) is 6.54 Å². The van der Waals surface area contributed by atoms with Crippen LogP contribution in [0.1, 0.15) is 32.6 Å². The second-order valence-electron chi connectivity index (χ2n) is 5.12. The molecule has 1 heterocycles. The van der Waals surface area contributed by atoms with Gasteiger partial charge in [-0.15, -0.1) is 0 Å². The topological polar surface area (TPSA) is 114 Å². The minimum atomic E-state index is -3.75. The van der Waals surface area contributed by atoms with E-state index in [1.165, 1.54) is 16.8 Å². The summed E-state index contributed by atoms with van der Waals surface area (Å²) < 4.78 is 28.5. The van der Waals surface area contributed by atoms with E-state index in [-0.39, 0.29) is 23.4 Å². The zero-order valence-corrected chi connectivity index (χ0v) is 12.8. The number of nitrogens with two attached hydrogens (primary N) is 1. The Morgan fingerprint density at radius 1 is 1.57 bits per heavy atom. The van der Waals surface area contributed by atoms with Gasteiger partial charge in [0, 0.05) is 18.8 Å². The molecular weight excluding hydrogens is 294 g/mol. The van der Waals surface area contributed by atoms with E-state index in [1.54, 1.807) is 4.57 Å². The first-order valence-corrected chi connectivity index (χ1v) is 8.43. The smallest absolute Gasteiger partial charge is 0.262 e. The number of hydrogen-bond acceptors (Lipinski definition) is 5. The van der Waals surface area contributed by atoms with Crippen LogP contribution in [0, 0.1) is 0 Å². The molecule has 1 fully saturated rings. The Kier molecular flexibility index (Phi) is 4.84. The molecule has 0 unspecified atom stereocenters. The van der Waals surface area contributed by atoms with Crippen LogP contribution in [0.4, 0.5) is 0 Å². The van der Waals surface area contributed by atoms with Crippen LogP contribution in [0.2, 0.25) is 0 Å². The van der Waals surface area contributed by atoms with Gasteiger partial charge in [0.2, 0.25) is 0 Å². The molecule has 9 heteroatoms. The van der Waals surface area contributed by atoms with Gasteiger partial charge in [-0.2, -0.15) is 4.31 Å². The summed E-state index contributed by atoms with van der Waals surface area (Å²) in [4.78, 5) is 3.97. The first kappa shape index (κ1) is 15.8. The quantitative estimate of drug-likeness (QED) is 0.345. The maximum atomic E-state index is 12.8. The Bertz CT molecular complexity index is 604. The summed E-state index contributed by atoms with van der Waals surface area (Å²) >= 11 is 0. The maximum Gasteiger partial charge on any atom is 0.262 e. The van der Waals surface area contributed by atoms with Crippen molar-refractivity contribution >= 4 is 15.9 Å². The predicted molar refractivity (Wildman–Crippen MR) is 77.5 cm³/mol. The van der Waals surface area contributed by atoms with E-state index in [2.05, 4.69) is 10.1 Å². The summed E-state index contributed by atoms with van der Waals surface area (Å²) in [5, 5.41) is 11.6. The lowest BCUT2D eigenvalue weighted by Crippen LogP contribution is -2.44. The molecule has 0 bridgehead atoms. The molecule has 8 nitrogen and oxygen atoms in total. The number of aromatic nitrogens is 2. The highest BCUT2D eigenvalue weighted by molar-refractivity contribution is 7.89. The van der Waals surface area contributed by atoms with E-state index in [1.807, 2.05) is 6.92 Å². The van der Waals surface area contributed by atoms with Gasteiger partial charge in [0.1, 0.15) is 0 Å². The van der Waals surface area contributed by atoms with Crippen molar-refractivity contribution in [2.24, 2.45) is 10.9 Å². The molecule has 0 aromatic carbocycles. The van der Waals surface area contributed by atoms with Crippen molar-refractivity contribution in [2.45, 2.75) is 50.2 Å². The van der Waals surface area contributed by atoms with Gasteiger partial charge in [-0.05, 0) is 19.8 Å². The molecule has 0 atom stereocenters. The predicted octanol–water partition coefficient (Wildman–Crippen LogP) is 0.583. The van der Waals surface area contributed by atoms with Crippen molar-refractivity contribution in [3.05, 3.63) is 12.5 Å². The van der Waals surface area contributed by atoms with E-state index in [4.69, 9.17) is 10.9 Å². The van der Waals surface area contributed by atoms with Crippen LogP contribution in [0.5, 0.6) is 0 Å². The number of rotatable bonds is 6. The molecule has 21 heavy (non-hydrogen) atoms. The number of amidine groups is 1. The molecule has 1 aromatic rings. The number of sulfonamides is 1. The van der Waals surface area contributed by atoms with Crippen LogP contribution >= 0.6 is 0 Å². The molecule has 1 aliphatic rings. The highest BCUT2D eigenvalue weighted by Crippen LogP contribution is 2.27. The normalized spacial score (nSPS) is 17.7. The van der Waals surface area contributed by atoms with Gasteiger partial charge < -0.3 is 15.5 Å². The molecule has 0 amide bonds. The van der Waals surface area contributed by atoms with Crippen molar-refractivity contribution in [1.29, 1.82) is 0 Å². The van der Waals surface area contributed by atoms with Crippen LogP contribution in [-0.2, 0) is 16.6 Å². The third kappa shape index (κ3) is 3.35. The molecule has 118 valence electrons. The highest BCUT2D eigenvalue weighted by Gasteiger charge is 2.35. The summed E-state index contributed by atoms with van der Waals surface area (Å²) in [7, 11) is -3.75. The Morgan fingerprint density at radius 3 is 2.76 bits per heavy atom. The number of oxime groups is 1. The Labute approximate surface area is 124 Å². The highest BCUT2D eigenvalue weighted by atomic mass is 32.2. The summed E-state index contributed by atoms with van der Waals surface area (Å²) in [6, 6.07) is -0.123. The minimum absolute atomic E-state index is 0.00184. The minimum Gasteiger partial charge on any atom is -0.409 e. The third-order valence-electron chi connectivity index (χ3n) is 3.73. The average Bonchev–Trinajstić information content (AvgIpc) is 3.14. The molecule has 1 aliphatic carbocycles. The first-order valence-electron chi connectivity index (χ1n) is 6.99. The SMILES string of the molecule is CCn1cnc(S(=O)(=O)N(CC(N)=NO)C2CCCC2)c1. The fourth-order valence-electron chi connectivity index (χ4n) is 2.56. The zero-order valence-electron chi connectivity index (χ0n) is 12.0. The molecule has 1 aromatic heterocycles. The fourth-order valence-corrected chi connectivity index (χ4v) is 4.15. The van der Waals surface area contributed by atoms with Crippen molar-refractivity contribution in [3.8, 4) is 0 Å². The van der Waals surface area contributed by atoms with Crippen LogP contribution < -0.4 is 5.73 Å². The molecule has 0 saturated heterocycles. The van der Waals surface area contributed by atoms with E-state index in [0.29, 0.717) is 6.54 Å². The lowest BCUT2D eigenvalue weighted by Gasteiger charge is -2.26. The lowest BCUT2D eigenvalue weighted by atomic mass is 10.2. The summed E-state index contributed by atoms with van der Waals surface area (Å²) in [6.45, 7) is 2.43. The van der Waals surface area contributed by atoms with Gasteiger partial charge in [-0.3, -0.25) is 0 Å². The number of nitrogens with zero attached hydrogens (tertiary/aromatic N) is 4. The average molecular weight is 315 g/mol. The van der Waals surface area contributed by atoms with Gasteiger partial charge in [0.05, 0.1) is 12.9 Å². The van der Waals surface area contributed by atoms with Gasteiger partial charge in [0.15, 0.2) is 10.9 Å². The first-order chi connectivity index (χ1) is 9.98. The zero-order chi connectivity index (χ0) is 15.5. The van der Waals surface area contributed by atoms with Crippen molar-refractivity contribution in [3.63, 3.8) is 0 Å².